The molecular weight excluding hydrogens is 256 g/mol. The average molecular weight is 276 g/mol. The molecule has 0 saturated heterocycles. The number of rotatable bonds is 3. The fourth-order valence-corrected chi connectivity index (χ4v) is 2.59. The third-order valence-electron chi connectivity index (χ3n) is 3.92. The van der Waals surface area contributed by atoms with Crippen LogP contribution in [0.5, 0.6) is 0 Å². The zero-order valence-electron chi connectivity index (χ0n) is 12.8. The number of pyridine rings is 1. The molecule has 0 aliphatic heterocycles. The fourth-order valence-electron chi connectivity index (χ4n) is 2.59. The van der Waals surface area contributed by atoms with Gasteiger partial charge in [-0.25, -0.2) is 0 Å². The van der Waals surface area contributed by atoms with Crippen LogP contribution in [0.2, 0.25) is 0 Å². The van der Waals surface area contributed by atoms with Crippen LogP contribution in [-0.4, -0.2) is 4.98 Å². The van der Waals surface area contributed by atoms with E-state index in [0.29, 0.717) is 0 Å². The maximum absolute atomic E-state index is 4.59. The molecule has 3 rings (SSSR count). The smallest absolute Gasteiger partial charge is 0.0708 e. The second kappa shape index (κ2) is 5.57. The molecule has 3 aromatic rings. The number of aryl methyl sites for hydroxylation is 3. The summed E-state index contributed by atoms with van der Waals surface area (Å²) < 4.78 is 0. The van der Waals surface area contributed by atoms with Crippen molar-refractivity contribution in [3.05, 3.63) is 70.9 Å². The fraction of sp³-hybridized carbons (Fsp3) is 0.211. The summed E-state index contributed by atoms with van der Waals surface area (Å²) in [7, 11) is 0. The molecule has 0 atom stereocenters. The Hall–Kier alpha value is -2.35. The number of hydrogen-bond donors (Lipinski definition) is 1. The van der Waals surface area contributed by atoms with Gasteiger partial charge < -0.3 is 5.32 Å². The molecule has 1 heterocycles. The highest BCUT2D eigenvalue weighted by Crippen LogP contribution is 2.20. The van der Waals surface area contributed by atoms with Crippen LogP contribution in [0.25, 0.3) is 10.9 Å². The molecule has 0 spiro atoms. The third kappa shape index (κ3) is 2.89. The highest BCUT2D eigenvalue weighted by atomic mass is 14.9. The summed E-state index contributed by atoms with van der Waals surface area (Å²) in [5.41, 5.74) is 7.22. The highest BCUT2D eigenvalue weighted by Gasteiger charge is 2.04. The van der Waals surface area contributed by atoms with Gasteiger partial charge in [-0.15, -0.1) is 0 Å². The zero-order chi connectivity index (χ0) is 14.8. The largest absolute Gasteiger partial charge is 0.381 e. The number of anilines is 1. The summed E-state index contributed by atoms with van der Waals surface area (Å²) in [6.07, 6.45) is 0. The third-order valence-corrected chi connectivity index (χ3v) is 3.92. The first-order chi connectivity index (χ1) is 10.1. The Bertz CT molecular complexity index is 791. The van der Waals surface area contributed by atoms with Gasteiger partial charge in [-0.2, -0.15) is 0 Å². The number of aromatic nitrogens is 1. The summed E-state index contributed by atoms with van der Waals surface area (Å²) in [6.45, 7) is 7.14. The van der Waals surface area contributed by atoms with E-state index < -0.39 is 0 Å². The molecule has 0 aliphatic carbocycles. The minimum atomic E-state index is 0.812. The van der Waals surface area contributed by atoms with Gasteiger partial charge in [0.15, 0.2) is 0 Å². The van der Waals surface area contributed by atoms with Crippen molar-refractivity contribution in [3.8, 4) is 0 Å². The van der Waals surface area contributed by atoms with Crippen LogP contribution in [0.1, 0.15) is 22.4 Å². The van der Waals surface area contributed by atoms with Crippen LogP contribution in [0, 0.1) is 20.8 Å². The lowest BCUT2D eigenvalue weighted by atomic mass is 10.1. The summed E-state index contributed by atoms with van der Waals surface area (Å²) >= 11 is 0. The minimum absolute atomic E-state index is 0.812. The lowest BCUT2D eigenvalue weighted by molar-refractivity contribution is 1.13. The van der Waals surface area contributed by atoms with Crippen LogP contribution < -0.4 is 5.32 Å². The number of hydrogen-bond acceptors (Lipinski definition) is 2. The Balaban J connectivity index is 1.89. The molecule has 0 radical (unpaired) electrons. The lowest BCUT2D eigenvalue weighted by Gasteiger charge is -2.11. The molecular formula is C19H20N2. The van der Waals surface area contributed by atoms with Crippen LogP contribution in [0.3, 0.4) is 0 Å². The van der Waals surface area contributed by atoms with E-state index >= 15 is 0 Å². The van der Waals surface area contributed by atoms with E-state index in [1.807, 2.05) is 13.0 Å². The van der Waals surface area contributed by atoms with Crippen molar-refractivity contribution in [1.29, 1.82) is 0 Å². The van der Waals surface area contributed by atoms with Crippen LogP contribution in [0.15, 0.2) is 48.5 Å². The predicted molar refractivity (Wildman–Crippen MR) is 89.7 cm³/mol. The molecule has 1 N–H and O–H groups in total. The summed E-state index contributed by atoms with van der Waals surface area (Å²) in [5, 5.41) is 4.74. The van der Waals surface area contributed by atoms with Gasteiger partial charge in [0.2, 0.25) is 0 Å². The van der Waals surface area contributed by atoms with E-state index in [9.17, 15) is 0 Å². The second-order valence-corrected chi connectivity index (χ2v) is 5.59. The van der Waals surface area contributed by atoms with E-state index in [-0.39, 0.29) is 0 Å². The van der Waals surface area contributed by atoms with Gasteiger partial charge in [0.25, 0.3) is 0 Å². The summed E-state index contributed by atoms with van der Waals surface area (Å²) in [5.74, 6) is 0. The lowest BCUT2D eigenvalue weighted by Crippen LogP contribution is -2.02. The van der Waals surface area contributed by atoms with Crippen molar-refractivity contribution >= 4 is 16.6 Å². The van der Waals surface area contributed by atoms with E-state index in [1.165, 1.54) is 22.1 Å². The maximum atomic E-state index is 4.59. The Morgan fingerprint density at radius 2 is 1.71 bits per heavy atom. The monoisotopic (exact) mass is 276 g/mol. The molecule has 21 heavy (non-hydrogen) atoms. The van der Waals surface area contributed by atoms with E-state index in [2.05, 4.69) is 66.6 Å². The standard InChI is InChI=1S/C19H20N2/c1-13-8-9-17(10-14(13)2)20-12-16-11-15(3)21-19-7-5-4-6-18(16)19/h4-11,20H,12H2,1-3H3. The Morgan fingerprint density at radius 1 is 0.905 bits per heavy atom. The van der Waals surface area contributed by atoms with Gasteiger partial charge in [-0.05, 0) is 61.7 Å². The number of benzene rings is 2. The quantitative estimate of drug-likeness (QED) is 0.745. The topological polar surface area (TPSA) is 24.9 Å². The molecule has 2 nitrogen and oxygen atoms in total. The predicted octanol–water partition coefficient (Wildman–Crippen LogP) is 4.77. The number of nitrogens with zero attached hydrogens (tertiary/aromatic N) is 1. The van der Waals surface area contributed by atoms with Gasteiger partial charge in [-0.1, -0.05) is 24.3 Å². The molecule has 0 aliphatic rings. The van der Waals surface area contributed by atoms with Crippen molar-refractivity contribution in [3.63, 3.8) is 0 Å². The van der Waals surface area contributed by atoms with Crippen molar-refractivity contribution in [2.24, 2.45) is 0 Å². The van der Waals surface area contributed by atoms with Crippen LogP contribution in [-0.2, 0) is 6.54 Å². The summed E-state index contributed by atoms with van der Waals surface area (Å²) in [4.78, 5) is 4.59. The zero-order valence-corrected chi connectivity index (χ0v) is 12.8. The first kappa shape index (κ1) is 13.6. The van der Waals surface area contributed by atoms with Gasteiger partial charge >= 0.3 is 0 Å². The van der Waals surface area contributed by atoms with Crippen molar-refractivity contribution in [2.45, 2.75) is 27.3 Å². The number of fused-ring (bicyclic) bond motifs is 1. The maximum Gasteiger partial charge on any atom is 0.0708 e. The van der Waals surface area contributed by atoms with Gasteiger partial charge in [0, 0.05) is 23.3 Å². The Kier molecular flexibility index (Phi) is 3.61. The first-order valence-corrected chi connectivity index (χ1v) is 7.30. The van der Waals surface area contributed by atoms with E-state index in [4.69, 9.17) is 0 Å². The van der Waals surface area contributed by atoms with Crippen LogP contribution >= 0.6 is 0 Å². The molecule has 0 bridgehead atoms. The average Bonchev–Trinajstić information content (AvgIpc) is 2.48. The molecule has 0 saturated carbocycles. The molecule has 0 fully saturated rings. The molecule has 106 valence electrons. The molecule has 0 unspecified atom stereocenters. The second-order valence-electron chi connectivity index (χ2n) is 5.59. The van der Waals surface area contributed by atoms with Crippen molar-refractivity contribution in [1.82, 2.24) is 4.98 Å². The SMILES string of the molecule is Cc1cc(CNc2ccc(C)c(C)c2)c2ccccc2n1. The number of para-hydroxylation sites is 1. The molecule has 2 heteroatoms. The van der Waals surface area contributed by atoms with Gasteiger partial charge in [-0.3, -0.25) is 4.98 Å². The van der Waals surface area contributed by atoms with Gasteiger partial charge in [0.1, 0.15) is 0 Å². The molecule has 1 aromatic heterocycles. The minimum Gasteiger partial charge on any atom is -0.381 e. The van der Waals surface area contributed by atoms with Crippen molar-refractivity contribution < 1.29 is 0 Å². The highest BCUT2D eigenvalue weighted by molar-refractivity contribution is 5.82. The molecule has 0 amide bonds. The Morgan fingerprint density at radius 3 is 2.52 bits per heavy atom. The van der Waals surface area contributed by atoms with E-state index in [1.54, 1.807) is 0 Å². The number of nitrogens with one attached hydrogen (secondary N) is 1. The normalized spacial score (nSPS) is 10.8. The first-order valence-electron chi connectivity index (χ1n) is 7.30. The van der Waals surface area contributed by atoms with Gasteiger partial charge in [0.05, 0.1) is 5.52 Å². The Labute approximate surface area is 125 Å². The van der Waals surface area contributed by atoms with E-state index in [0.717, 1.165) is 23.4 Å². The summed E-state index contributed by atoms with van der Waals surface area (Å²) in [6, 6.07) is 17.0. The van der Waals surface area contributed by atoms with Crippen LogP contribution in [0.4, 0.5) is 5.69 Å². The van der Waals surface area contributed by atoms with Crippen molar-refractivity contribution in [2.75, 3.05) is 5.32 Å². The molecule has 2 aromatic carbocycles.